The molecule has 0 unspecified atom stereocenters. The van der Waals surface area contributed by atoms with E-state index in [-0.39, 0.29) is 5.88 Å². The summed E-state index contributed by atoms with van der Waals surface area (Å²) in [4.78, 5) is 19.7. The fourth-order valence-corrected chi connectivity index (χ4v) is 1.98. The molecule has 0 aliphatic carbocycles. The Morgan fingerprint density at radius 2 is 2.09 bits per heavy atom. The summed E-state index contributed by atoms with van der Waals surface area (Å²) in [5, 5.41) is 4.84. The fourth-order valence-electron chi connectivity index (χ4n) is 1.79. The lowest BCUT2D eigenvalue weighted by Gasteiger charge is -1.98. The molecular weight excluding hydrogens is 316 g/mol. The van der Waals surface area contributed by atoms with Gasteiger partial charge in [0.05, 0.1) is 0 Å². The minimum atomic E-state index is -0.552. The molecule has 23 heavy (non-hydrogen) atoms. The van der Waals surface area contributed by atoms with Crippen LogP contribution in [0.4, 0.5) is 0 Å². The SMILES string of the molecule is O=C(/C=C\n1cnc(-c2cccc(Cl)c2)n1)Oc1ccccn1. The number of pyridine rings is 1. The van der Waals surface area contributed by atoms with Crippen LogP contribution in [0, 0.1) is 0 Å². The van der Waals surface area contributed by atoms with E-state index >= 15 is 0 Å². The molecule has 2 aromatic heterocycles. The van der Waals surface area contributed by atoms with Gasteiger partial charge in [-0.15, -0.1) is 5.10 Å². The average molecular weight is 327 g/mol. The Bertz CT molecular complexity index is 846. The molecule has 0 amide bonds. The fraction of sp³-hybridized carbons (Fsp3) is 0. The largest absolute Gasteiger partial charge is 0.404 e. The van der Waals surface area contributed by atoms with Gasteiger partial charge in [0.2, 0.25) is 5.88 Å². The van der Waals surface area contributed by atoms with E-state index in [2.05, 4.69) is 15.1 Å². The third kappa shape index (κ3) is 4.02. The Morgan fingerprint density at radius 1 is 1.17 bits per heavy atom. The quantitative estimate of drug-likeness (QED) is 0.544. The first-order valence-corrected chi connectivity index (χ1v) is 7.06. The van der Waals surface area contributed by atoms with Gasteiger partial charge in [-0.05, 0) is 18.2 Å². The number of ether oxygens (including phenoxy) is 1. The van der Waals surface area contributed by atoms with Crippen molar-refractivity contribution in [1.82, 2.24) is 19.7 Å². The predicted octanol–water partition coefficient (Wildman–Crippen LogP) is 3.07. The van der Waals surface area contributed by atoms with E-state index in [4.69, 9.17) is 16.3 Å². The lowest BCUT2D eigenvalue weighted by Crippen LogP contribution is -2.05. The first-order chi connectivity index (χ1) is 11.2. The number of carbonyl (C=O) groups excluding carboxylic acids is 1. The first kappa shape index (κ1) is 14.9. The number of esters is 1. The van der Waals surface area contributed by atoms with Gasteiger partial charge in [0.25, 0.3) is 0 Å². The summed E-state index contributed by atoms with van der Waals surface area (Å²) in [6, 6.07) is 12.3. The molecule has 114 valence electrons. The third-order valence-electron chi connectivity index (χ3n) is 2.80. The molecule has 0 atom stereocenters. The molecule has 1 aromatic carbocycles. The highest BCUT2D eigenvalue weighted by molar-refractivity contribution is 6.30. The standard InChI is InChI=1S/C16H11ClN4O2/c17-13-5-3-4-12(10-13)16-19-11-21(20-16)9-7-15(22)23-14-6-1-2-8-18-14/h1-11H/b9-7-. The van der Waals surface area contributed by atoms with Crippen molar-refractivity contribution in [2.24, 2.45) is 0 Å². The van der Waals surface area contributed by atoms with Crippen LogP contribution in [0.3, 0.4) is 0 Å². The molecule has 0 saturated carbocycles. The Labute approximate surface area is 137 Å². The van der Waals surface area contributed by atoms with E-state index in [1.165, 1.54) is 23.3 Å². The number of carbonyl (C=O) groups is 1. The summed E-state index contributed by atoms with van der Waals surface area (Å²) in [5.74, 6) is 0.194. The van der Waals surface area contributed by atoms with Gasteiger partial charge >= 0.3 is 5.97 Å². The molecule has 6 nitrogen and oxygen atoms in total. The zero-order valence-corrected chi connectivity index (χ0v) is 12.6. The van der Waals surface area contributed by atoms with Crippen LogP contribution >= 0.6 is 11.6 Å². The van der Waals surface area contributed by atoms with Crippen molar-refractivity contribution in [3.05, 3.63) is 66.1 Å². The Morgan fingerprint density at radius 3 is 2.87 bits per heavy atom. The molecule has 2 heterocycles. The molecule has 0 N–H and O–H groups in total. The normalized spacial score (nSPS) is 10.8. The Kier molecular flexibility index (Phi) is 4.44. The first-order valence-electron chi connectivity index (χ1n) is 6.69. The molecule has 0 aliphatic rings. The summed E-state index contributed by atoms with van der Waals surface area (Å²) in [7, 11) is 0. The topological polar surface area (TPSA) is 69.9 Å². The van der Waals surface area contributed by atoms with Crippen molar-refractivity contribution in [1.29, 1.82) is 0 Å². The van der Waals surface area contributed by atoms with E-state index in [1.807, 2.05) is 12.1 Å². The second-order valence-electron chi connectivity index (χ2n) is 4.46. The van der Waals surface area contributed by atoms with E-state index in [0.29, 0.717) is 10.8 Å². The highest BCUT2D eigenvalue weighted by Gasteiger charge is 2.04. The summed E-state index contributed by atoms with van der Waals surface area (Å²) in [6.45, 7) is 0. The number of hydrogen-bond acceptors (Lipinski definition) is 5. The smallest absolute Gasteiger partial charge is 0.339 e. The highest BCUT2D eigenvalue weighted by atomic mass is 35.5. The lowest BCUT2D eigenvalue weighted by molar-refractivity contribution is -0.129. The number of benzene rings is 1. The molecule has 7 heteroatoms. The van der Waals surface area contributed by atoms with Gasteiger partial charge in [-0.1, -0.05) is 29.8 Å². The van der Waals surface area contributed by atoms with Crippen LogP contribution in [-0.2, 0) is 4.79 Å². The second kappa shape index (κ2) is 6.85. The van der Waals surface area contributed by atoms with E-state index < -0.39 is 5.97 Å². The van der Waals surface area contributed by atoms with Gasteiger partial charge in [0.15, 0.2) is 5.82 Å². The van der Waals surface area contributed by atoms with E-state index in [1.54, 1.807) is 36.5 Å². The van der Waals surface area contributed by atoms with E-state index in [0.717, 1.165) is 5.56 Å². The monoisotopic (exact) mass is 326 g/mol. The van der Waals surface area contributed by atoms with Crippen molar-refractivity contribution in [2.75, 3.05) is 0 Å². The minimum absolute atomic E-state index is 0.236. The summed E-state index contributed by atoms with van der Waals surface area (Å²) in [5.41, 5.74) is 0.792. The van der Waals surface area contributed by atoms with Crippen LogP contribution in [0.1, 0.15) is 0 Å². The predicted molar refractivity (Wildman–Crippen MR) is 85.7 cm³/mol. The van der Waals surface area contributed by atoms with Crippen LogP contribution in [0.5, 0.6) is 5.88 Å². The second-order valence-corrected chi connectivity index (χ2v) is 4.90. The molecular formula is C16H11ClN4O2. The van der Waals surface area contributed by atoms with Crippen molar-refractivity contribution in [3.8, 4) is 17.3 Å². The molecule has 3 aromatic rings. The van der Waals surface area contributed by atoms with Crippen molar-refractivity contribution in [3.63, 3.8) is 0 Å². The van der Waals surface area contributed by atoms with Gasteiger partial charge in [-0.3, -0.25) is 0 Å². The van der Waals surface area contributed by atoms with Crippen LogP contribution < -0.4 is 4.74 Å². The van der Waals surface area contributed by atoms with Gasteiger partial charge in [-0.2, -0.15) is 0 Å². The van der Waals surface area contributed by atoms with Crippen LogP contribution in [0.25, 0.3) is 17.6 Å². The molecule has 0 aliphatic heterocycles. The Balaban J connectivity index is 1.68. The maximum atomic E-state index is 11.7. The molecule has 0 radical (unpaired) electrons. The maximum absolute atomic E-state index is 11.7. The maximum Gasteiger partial charge on any atom is 0.339 e. The van der Waals surface area contributed by atoms with Gasteiger partial charge in [0, 0.05) is 35.1 Å². The van der Waals surface area contributed by atoms with Crippen molar-refractivity contribution >= 4 is 23.8 Å². The van der Waals surface area contributed by atoms with Crippen LogP contribution in [0.2, 0.25) is 5.02 Å². The molecule has 0 saturated heterocycles. The van der Waals surface area contributed by atoms with Crippen molar-refractivity contribution < 1.29 is 9.53 Å². The number of hydrogen-bond donors (Lipinski definition) is 0. The number of nitrogens with zero attached hydrogens (tertiary/aromatic N) is 4. The lowest BCUT2D eigenvalue weighted by atomic mass is 10.2. The molecule has 3 rings (SSSR count). The van der Waals surface area contributed by atoms with Crippen LogP contribution in [-0.4, -0.2) is 25.7 Å². The zero-order valence-electron chi connectivity index (χ0n) is 11.8. The summed E-state index contributed by atoms with van der Waals surface area (Å²) in [6.07, 6.45) is 5.72. The van der Waals surface area contributed by atoms with E-state index in [9.17, 15) is 4.79 Å². The summed E-state index contributed by atoms with van der Waals surface area (Å²) < 4.78 is 6.44. The number of aromatic nitrogens is 4. The number of halogens is 1. The molecule has 0 spiro atoms. The zero-order chi connectivity index (χ0) is 16.1. The minimum Gasteiger partial charge on any atom is -0.404 e. The molecule has 0 fully saturated rings. The average Bonchev–Trinajstić information content (AvgIpc) is 3.03. The van der Waals surface area contributed by atoms with Gasteiger partial charge in [0.1, 0.15) is 6.33 Å². The summed E-state index contributed by atoms with van der Waals surface area (Å²) >= 11 is 5.94. The van der Waals surface area contributed by atoms with Crippen LogP contribution in [0.15, 0.2) is 61.1 Å². The number of rotatable bonds is 4. The van der Waals surface area contributed by atoms with Gasteiger partial charge < -0.3 is 4.74 Å². The van der Waals surface area contributed by atoms with Gasteiger partial charge in [-0.25, -0.2) is 19.4 Å². The third-order valence-corrected chi connectivity index (χ3v) is 3.03. The van der Waals surface area contributed by atoms with Crippen molar-refractivity contribution in [2.45, 2.75) is 0 Å². The molecule has 0 bridgehead atoms. The highest BCUT2D eigenvalue weighted by Crippen LogP contribution is 2.18. The Hall–Kier alpha value is -2.99.